The first-order valence-electron chi connectivity index (χ1n) is 9.74. The van der Waals surface area contributed by atoms with Gasteiger partial charge in [-0.25, -0.2) is 0 Å². The lowest BCUT2D eigenvalue weighted by Crippen LogP contribution is -2.25. The molecule has 3 aromatic rings. The number of rotatable bonds is 6. The molecule has 12 heteroatoms. The molecule has 0 aliphatic carbocycles. The average Bonchev–Trinajstić information content (AvgIpc) is 3.25. The van der Waals surface area contributed by atoms with E-state index in [-0.39, 0.29) is 23.3 Å². The highest BCUT2D eigenvalue weighted by molar-refractivity contribution is 9.10. The third-order valence-corrected chi connectivity index (χ3v) is 5.27. The third kappa shape index (κ3) is 4.71. The minimum atomic E-state index is -0.811. The number of nitrogens with zero attached hydrogens (tertiary/aromatic N) is 4. The van der Waals surface area contributed by atoms with Crippen LogP contribution in [0.1, 0.15) is 24.3 Å². The molecule has 3 aromatic carbocycles. The highest BCUT2D eigenvalue weighted by Crippen LogP contribution is 2.36. The van der Waals surface area contributed by atoms with Gasteiger partial charge in [0.25, 0.3) is 5.69 Å². The topological polar surface area (TPSA) is 137 Å². The Morgan fingerprint density at radius 2 is 1.79 bits per heavy atom. The average molecular weight is 527 g/mol. The van der Waals surface area contributed by atoms with Gasteiger partial charge in [0.15, 0.2) is 0 Å². The number of hydrazone groups is 1. The molecule has 1 atom stereocenters. The van der Waals surface area contributed by atoms with Crippen LogP contribution in [0.2, 0.25) is 0 Å². The van der Waals surface area contributed by atoms with Crippen molar-refractivity contribution in [1.29, 1.82) is 0 Å². The van der Waals surface area contributed by atoms with E-state index in [1.807, 2.05) is 18.2 Å². The molecule has 1 amide bonds. The second kappa shape index (κ2) is 9.27. The summed E-state index contributed by atoms with van der Waals surface area (Å²) >= 11 is 3.39. The molecule has 0 spiro atoms. The Balaban J connectivity index is 1.56. The van der Waals surface area contributed by atoms with Gasteiger partial charge < -0.3 is 9.47 Å². The lowest BCUT2D eigenvalue weighted by Gasteiger charge is -2.19. The number of ether oxygens (including phenoxy) is 2. The van der Waals surface area contributed by atoms with Crippen molar-refractivity contribution in [1.82, 2.24) is 5.01 Å². The molecule has 34 heavy (non-hydrogen) atoms. The van der Waals surface area contributed by atoms with Crippen LogP contribution >= 0.6 is 15.9 Å². The van der Waals surface area contributed by atoms with Crippen molar-refractivity contribution in [3.63, 3.8) is 0 Å². The number of nitro groups is 2. The number of hydrogen-bond acceptors (Lipinski definition) is 8. The molecule has 0 unspecified atom stereocenters. The van der Waals surface area contributed by atoms with Gasteiger partial charge in [-0.3, -0.25) is 25.0 Å². The fraction of sp³-hybridized carbons (Fsp3) is 0.0909. The molecule has 0 fully saturated rings. The monoisotopic (exact) mass is 526 g/mol. The molecule has 172 valence electrons. The van der Waals surface area contributed by atoms with Crippen LogP contribution in [-0.2, 0) is 9.53 Å². The number of non-ortho nitro benzene ring substituents is 1. The number of halogens is 1. The van der Waals surface area contributed by atoms with Crippen LogP contribution in [0.5, 0.6) is 11.5 Å². The van der Waals surface area contributed by atoms with Crippen LogP contribution in [0, 0.1) is 20.2 Å². The summed E-state index contributed by atoms with van der Waals surface area (Å²) in [6, 6.07) is 16.8. The summed E-state index contributed by atoms with van der Waals surface area (Å²) < 4.78 is 12.4. The Bertz CT molecular complexity index is 1330. The van der Waals surface area contributed by atoms with Crippen molar-refractivity contribution >= 4 is 39.1 Å². The number of benzene rings is 3. The van der Waals surface area contributed by atoms with Gasteiger partial charge in [-0.15, -0.1) is 5.10 Å². The lowest BCUT2D eigenvalue weighted by atomic mass is 10.2. The van der Waals surface area contributed by atoms with Crippen LogP contribution in [0.25, 0.3) is 0 Å². The van der Waals surface area contributed by atoms with Crippen LogP contribution in [0.15, 0.2) is 76.3 Å². The smallest absolute Gasteiger partial charge is 0.318 e. The summed E-state index contributed by atoms with van der Waals surface area (Å²) in [4.78, 5) is 32.9. The minimum Gasteiger partial charge on any atom is -0.450 e. The molecular weight excluding hydrogens is 512 g/mol. The highest BCUT2D eigenvalue weighted by atomic mass is 79.9. The van der Waals surface area contributed by atoms with Crippen molar-refractivity contribution in [2.45, 2.75) is 13.2 Å². The van der Waals surface area contributed by atoms with Crippen molar-refractivity contribution in [3.05, 3.63) is 103 Å². The van der Waals surface area contributed by atoms with Crippen molar-refractivity contribution in [2.24, 2.45) is 5.10 Å². The van der Waals surface area contributed by atoms with Gasteiger partial charge in [0, 0.05) is 28.6 Å². The number of carbonyl (C=O) groups is 1. The molecule has 4 rings (SSSR count). The van der Waals surface area contributed by atoms with Crippen LogP contribution in [0.4, 0.5) is 11.4 Å². The second-order valence-corrected chi connectivity index (χ2v) is 8.00. The summed E-state index contributed by atoms with van der Waals surface area (Å²) in [7, 11) is 0. The van der Waals surface area contributed by atoms with Crippen molar-refractivity contribution in [3.8, 4) is 11.5 Å². The third-order valence-electron chi connectivity index (χ3n) is 4.78. The fourth-order valence-corrected chi connectivity index (χ4v) is 3.60. The Labute approximate surface area is 200 Å². The molecular formula is C22H15BrN4O7. The lowest BCUT2D eigenvalue weighted by molar-refractivity contribution is -0.394. The SMILES string of the molecule is CC(=O)N1N=C(c2cccc(Br)c2)O[C@H]1c1ccc(Oc2ccc([N+](=O)[O-])cc2[N+](=O)[O-])cc1. The number of amides is 1. The van der Waals surface area contributed by atoms with Crippen LogP contribution < -0.4 is 4.74 Å². The molecule has 11 nitrogen and oxygen atoms in total. The molecule has 1 heterocycles. The van der Waals surface area contributed by atoms with E-state index in [1.54, 1.807) is 30.3 Å². The van der Waals surface area contributed by atoms with Gasteiger partial charge in [0.2, 0.25) is 23.8 Å². The maximum atomic E-state index is 12.2. The predicted molar refractivity (Wildman–Crippen MR) is 123 cm³/mol. The first kappa shape index (κ1) is 22.9. The second-order valence-electron chi connectivity index (χ2n) is 7.09. The zero-order chi connectivity index (χ0) is 24.4. The van der Waals surface area contributed by atoms with E-state index in [2.05, 4.69) is 21.0 Å². The van der Waals surface area contributed by atoms with Gasteiger partial charge in [0.1, 0.15) is 5.75 Å². The summed E-state index contributed by atoms with van der Waals surface area (Å²) in [5.41, 5.74) is 0.327. The molecule has 0 N–H and O–H groups in total. The van der Waals surface area contributed by atoms with E-state index in [0.717, 1.165) is 16.6 Å². The van der Waals surface area contributed by atoms with E-state index < -0.39 is 27.4 Å². The molecule has 0 saturated heterocycles. The fourth-order valence-electron chi connectivity index (χ4n) is 3.20. The molecule has 0 bridgehead atoms. The van der Waals surface area contributed by atoms with Gasteiger partial charge >= 0.3 is 5.69 Å². The number of nitro benzene ring substituents is 2. The van der Waals surface area contributed by atoms with Crippen LogP contribution in [0.3, 0.4) is 0 Å². The van der Waals surface area contributed by atoms with E-state index in [4.69, 9.17) is 9.47 Å². The van der Waals surface area contributed by atoms with Gasteiger partial charge in [0.05, 0.1) is 15.9 Å². The first-order valence-corrected chi connectivity index (χ1v) is 10.5. The molecule has 0 aromatic heterocycles. The van der Waals surface area contributed by atoms with Crippen molar-refractivity contribution < 1.29 is 24.1 Å². The maximum Gasteiger partial charge on any atom is 0.318 e. The molecule has 1 aliphatic heterocycles. The normalized spacial score (nSPS) is 14.8. The maximum absolute atomic E-state index is 12.2. The molecule has 1 aliphatic rings. The number of carbonyl (C=O) groups excluding carboxylic acids is 1. The standard InChI is InChI=1S/C22H15BrN4O7/c1-13(28)25-22(34-21(24-25)15-3-2-4-16(23)11-15)14-5-8-18(9-6-14)33-20-10-7-17(26(29)30)12-19(20)27(31)32/h2-12,22H,1H3/t22-/m0/s1. The van der Waals surface area contributed by atoms with E-state index in [9.17, 15) is 25.0 Å². The van der Waals surface area contributed by atoms with Gasteiger partial charge in [-0.05, 0) is 48.5 Å². The van der Waals surface area contributed by atoms with Crippen molar-refractivity contribution in [2.75, 3.05) is 0 Å². The summed E-state index contributed by atoms with van der Waals surface area (Å²) in [6.45, 7) is 1.37. The molecule has 0 saturated carbocycles. The quantitative estimate of drug-likeness (QED) is 0.313. The predicted octanol–water partition coefficient (Wildman–Crippen LogP) is 5.30. The Kier molecular flexibility index (Phi) is 6.23. The Hall–Kier alpha value is -4.32. The summed E-state index contributed by atoms with van der Waals surface area (Å²) in [5, 5.41) is 27.7. The minimum absolute atomic E-state index is 0.147. The molecule has 0 radical (unpaired) electrons. The largest absolute Gasteiger partial charge is 0.450 e. The van der Waals surface area contributed by atoms with E-state index >= 15 is 0 Å². The number of hydrogen-bond donors (Lipinski definition) is 0. The Morgan fingerprint density at radius 1 is 1.06 bits per heavy atom. The first-order chi connectivity index (χ1) is 16.2. The highest BCUT2D eigenvalue weighted by Gasteiger charge is 2.33. The van der Waals surface area contributed by atoms with Gasteiger partial charge in [-0.1, -0.05) is 22.0 Å². The zero-order valence-electron chi connectivity index (χ0n) is 17.5. The van der Waals surface area contributed by atoms with E-state index in [0.29, 0.717) is 11.1 Å². The van der Waals surface area contributed by atoms with Gasteiger partial charge in [-0.2, -0.15) is 5.01 Å². The zero-order valence-corrected chi connectivity index (χ0v) is 19.0. The Morgan fingerprint density at radius 3 is 2.41 bits per heavy atom. The van der Waals surface area contributed by atoms with Crippen LogP contribution in [-0.4, -0.2) is 26.7 Å². The summed E-state index contributed by atoms with van der Waals surface area (Å²) in [6.07, 6.45) is -0.811. The van der Waals surface area contributed by atoms with E-state index in [1.165, 1.54) is 18.0 Å². The summed E-state index contributed by atoms with van der Waals surface area (Å²) in [5.74, 6) is 0.0625.